The van der Waals surface area contributed by atoms with Gasteiger partial charge < -0.3 is 14.4 Å². The molecule has 0 radical (unpaired) electrons. The van der Waals surface area contributed by atoms with Gasteiger partial charge in [-0.05, 0) is 78.2 Å². The average Bonchev–Trinajstić information content (AvgIpc) is 3.60. The monoisotopic (exact) mass is 551 g/mol. The number of ether oxygens (including phenoxy) is 2. The Balaban J connectivity index is 1.33. The Bertz CT molecular complexity index is 1590. The Labute approximate surface area is 239 Å². The molecule has 5 rings (SSSR count). The lowest BCUT2D eigenvalue weighted by molar-refractivity contribution is -0.143. The van der Waals surface area contributed by atoms with Gasteiger partial charge in [-0.2, -0.15) is 0 Å². The van der Waals surface area contributed by atoms with Gasteiger partial charge in [0, 0.05) is 34.3 Å². The van der Waals surface area contributed by atoms with E-state index in [0.29, 0.717) is 19.6 Å². The molecule has 1 aromatic heterocycles. The molecule has 40 heavy (non-hydrogen) atoms. The molecule has 4 aromatic rings. The second-order valence-electron chi connectivity index (χ2n) is 9.75. The van der Waals surface area contributed by atoms with Crippen molar-refractivity contribution in [3.63, 3.8) is 0 Å². The van der Waals surface area contributed by atoms with Crippen molar-refractivity contribution in [1.29, 1.82) is 0 Å². The van der Waals surface area contributed by atoms with Crippen LogP contribution < -0.4 is 9.64 Å². The largest absolute Gasteiger partial charge is 0.489 e. The Morgan fingerprint density at radius 2 is 1.88 bits per heavy atom. The van der Waals surface area contributed by atoms with Gasteiger partial charge in [0.25, 0.3) is 0 Å². The third-order valence-corrected chi connectivity index (χ3v) is 8.21. The van der Waals surface area contributed by atoms with Crippen molar-refractivity contribution in [1.82, 2.24) is 0 Å². The van der Waals surface area contributed by atoms with E-state index in [1.54, 1.807) is 25.2 Å². The van der Waals surface area contributed by atoms with Gasteiger partial charge in [0.15, 0.2) is 0 Å². The zero-order valence-electron chi connectivity index (χ0n) is 23.2. The van der Waals surface area contributed by atoms with E-state index in [-0.39, 0.29) is 24.2 Å². The molecule has 0 saturated carbocycles. The first-order valence-corrected chi connectivity index (χ1v) is 14.6. The number of carbonyl (C=O) groups excluding carboxylic acids is 2. The van der Waals surface area contributed by atoms with Crippen LogP contribution in [0.15, 0.2) is 66.0 Å². The van der Waals surface area contributed by atoms with E-state index in [2.05, 4.69) is 53.6 Å². The number of hydrogen-bond donors (Lipinski definition) is 0. The van der Waals surface area contributed by atoms with Crippen LogP contribution in [-0.4, -0.2) is 25.0 Å². The summed E-state index contributed by atoms with van der Waals surface area (Å²) in [6, 6.07) is 20.6. The third kappa shape index (κ3) is 5.76. The second-order valence-corrected chi connectivity index (χ2v) is 10.7. The molecule has 1 aliphatic rings. The molecule has 0 saturated heterocycles. The van der Waals surface area contributed by atoms with Crippen molar-refractivity contribution in [2.75, 3.05) is 18.1 Å². The molecular formula is C34H33NO4S. The summed E-state index contributed by atoms with van der Waals surface area (Å²) in [6.45, 7) is 7.05. The Kier molecular flexibility index (Phi) is 8.52. The van der Waals surface area contributed by atoms with Gasteiger partial charge in [-0.3, -0.25) is 9.59 Å². The number of thiophene rings is 1. The van der Waals surface area contributed by atoms with Crippen molar-refractivity contribution in [3.8, 4) is 28.7 Å². The first kappa shape index (κ1) is 27.5. The van der Waals surface area contributed by atoms with Crippen LogP contribution in [0.5, 0.6) is 5.75 Å². The van der Waals surface area contributed by atoms with Crippen molar-refractivity contribution in [2.45, 2.75) is 52.6 Å². The molecule has 0 bridgehead atoms. The van der Waals surface area contributed by atoms with E-state index in [1.165, 1.54) is 26.8 Å². The molecule has 0 unspecified atom stereocenters. The highest BCUT2D eigenvalue weighted by molar-refractivity contribution is 7.17. The van der Waals surface area contributed by atoms with Crippen molar-refractivity contribution in [3.05, 3.63) is 82.7 Å². The fourth-order valence-electron chi connectivity index (χ4n) is 5.29. The zero-order valence-corrected chi connectivity index (χ0v) is 24.0. The molecular weight excluding hydrogens is 518 g/mol. The van der Waals surface area contributed by atoms with Crippen LogP contribution in [0.2, 0.25) is 0 Å². The Hall–Kier alpha value is -4.08. The first-order valence-electron chi connectivity index (χ1n) is 13.8. The lowest BCUT2D eigenvalue weighted by Crippen LogP contribution is -2.27. The number of amides is 1. The molecule has 204 valence electrons. The van der Waals surface area contributed by atoms with E-state index in [9.17, 15) is 9.59 Å². The zero-order chi connectivity index (χ0) is 28.1. The number of fused-ring (bicyclic) bond motifs is 2. The lowest BCUT2D eigenvalue weighted by Gasteiger charge is -2.17. The fourth-order valence-corrected chi connectivity index (χ4v) is 6.23. The second kappa shape index (κ2) is 12.4. The van der Waals surface area contributed by atoms with Crippen molar-refractivity contribution < 1.29 is 19.1 Å². The van der Waals surface area contributed by atoms with Crippen LogP contribution in [0, 0.1) is 11.8 Å². The summed E-state index contributed by atoms with van der Waals surface area (Å²) in [5, 5.41) is 3.43. The number of carbonyl (C=O) groups is 2. The molecule has 6 heteroatoms. The maximum Gasteiger partial charge on any atom is 0.307 e. The lowest BCUT2D eigenvalue weighted by atomic mass is 9.96. The van der Waals surface area contributed by atoms with E-state index in [4.69, 9.17) is 9.47 Å². The summed E-state index contributed by atoms with van der Waals surface area (Å²) in [6.07, 6.45) is 1.62. The molecule has 3 aromatic carbocycles. The molecule has 1 amide bonds. The number of nitrogens with zero attached hydrogens (tertiary/aromatic N) is 1. The molecule has 1 atom stereocenters. The van der Waals surface area contributed by atoms with Gasteiger partial charge >= 0.3 is 5.97 Å². The summed E-state index contributed by atoms with van der Waals surface area (Å²) < 4.78 is 12.5. The average molecular weight is 552 g/mol. The summed E-state index contributed by atoms with van der Waals surface area (Å²) in [7, 11) is 0. The van der Waals surface area contributed by atoms with Gasteiger partial charge in [0.1, 0.15) is 12.4 Å². The molecule has 0 N–H and O–H groups in total. The van der Waals surface area contributed by atoms with Crippen LogP contribution in [-0.2, 0) is 27.4 Å². The Morgan fingerprint density at radius 3 is 2.62 bits per heavy atom. The Morgan fingerprint density at radius 1 is 1.05 bits per heavy atom. The normalized spacial score (nSPS) is 12.9. The molecule has 0 aliphatic carbocycles. The van der Waals surface area contributed by atoms with Crippen LogP contribution in [0.3, 0.4) is 0 Å². The highest BCUT2D eigenvalue weighted by Crippen LogP contribution is 2.41. The maximum absolute atomic E-state index is 12.5. The minimum atomic E-state index is -0.244. The van der Waals surface area contributed by atoms with Gasteiger partial charge in [0.2, 0.25) is 5.91 Å². The van der Waals surface area contributed by atoms with Crippen LogP contribution >= 0.6 is 11.3 Å². The predicted molar refractivity (Wildman–Crippen MR) is 162 cm³/mol. The molecule has 2 heterocycles. The topological polar surface area (TPSA) is 55.8 Å². The molecule has 0 fully saturated rings. The number of hydrogen-bond acceptors (Lipinski definition) is 5. The van der Waals surface area contributed by atoms with E-state index < -0.39 is 0 Å². The first-order chi connectivity index (χ1) is 19.5. The summed E-state index contributed by atoms with van der Waals surface area (Å²) in [5.41, 5.74) is 6.76. The highest BCUT2D eigenvalue weighted by Gasteiger charge is 2.26. The van der Waals surface area contributed by atoms with Gasteiger partial charge in [0.05, 0.1) is 18.9 Å². The summed E-state index contributed by atoms with van der Waals surface area (Å²) >= 11 is 1.74. The quantitative estimate of drug-likeness (QED) is 0.160. The predicted octanol–water partition coefficient (Wildman–Crippen LogP) is 7.51. The van der Waals surface area contributed by atoms with Gasteiger partial charge in [-0.15, -0.1) is 17.3 Å². The number of esters is 1. The third-order valence-electron chi connectivity index (χ3n) is 7.24. The standard InChI is InChI=1S/C34H33NO4S/c1-4-8-25(20-34(37)38-6-3)24-12-14-26(15-13-24)39-21-23-11-16-32-29(19-23)30(22-40-32)27-9-7-10-31-28(27)17-18-35(31)33(36)5-2/h7,9-16,19,22,25H,5-6,17-18,20-21H2,1-3H3/t25-/m0/s1. The maximum atomic E-state index is 12.5. The highest BCUT2D eigenvalue weighted by atomic mass is 32.1. The minimum absolute atomic E-state index is 0.173. The minimum Gasteiger partial charge on any atom is -0.489 e. The van der Waals surface area contributed by atoms with Crippen LogP contribution in [0.1, 0.15) is 56.2 Å². The number of benzene rings is 3. The van der Waals surface area contributed by atoms with Crippen LogP contribution in [0.4, 0.5) is 5.69 Å². The van der Waals surface area contributed by atoms with Gasteiger partial charge in [-0.1, -0.05) is 43.2 Å². The van der Waals surface area contributed by atoms with E-state index in [1.807, 2.05) is 36.1 Å². The molecule has 0 spiro atoms. The number of rotatable bonds is 9. The molecule has 5 nitrogen and oxygen atoms in total. The summed E-state index contributed by atoms with van der Waals surface area (Å²) in [5.74, 6) is 6.52. The van der Waals surface area contributed by atoms with Gasteiger partial charge in [-0.25, -0.2) is 0 Å². The van der Waals surface area contributed by atoms with E-state index in [0.717, 1.165) is 35.5 Å². The van der Waals surface area contributed by atoms with Crippen LogP contribution in [0.25, 0.3) is 21.2 Å². The van der Waals surface area contributed by atoms with Crippen molar-refractivity contribution >= 4 is 39.0 Å². The molecule has 1 aliphatic heterocycles. The fraction of sp³-hybridized carbons (Fsp3) is 0.294. The van der Waals surface area contributed by atoms with Crippen molar-refractivity contribution in [2.24, 2.45) is 0 Å². The number of anilines is 1. The SMILES string of the molecule is CC#C[C@@H](CC(=O)OCC)c1ccc(OCc2ccc3scc(-c4cccc5c4CCN5C(=O)CC)c3c2)cc1. The summed E-state index contributed by atoms with van der Waals surface area (Å²) in [4.78, 5) is 26.4. The van der Waals surface area contributed by atoms with E-state index >= 15 is 0 Å². The smallest absolute Gasteiger partial charge is 0.307 e.